The third-order valence-corrected chi connectivity index (χ3v) is 5.90. The first-order valence-electron chi connectivity index (χ1n) is 7.85. The maximum Gasteiger partial charge on any atom is 0.244 e. The van der Waals surface area contributed by atoms with Gasteiger partial charge in [-0.3, -0.25) is 0 Å². The molecule has 1 aromatic carbocycles. The SMILES string of the molecule is COc1ccc(C)cc1S(=O)(=O)NC(CN)C1CCCCC1. The lowest BCUT2D eigenvalue weighted by Gasteiger charge is -2.30. The van der Waals surface area contributed by atoms with E-state index in [9.17, 15) is 8.42 Å². The topological polar surface area (TPSA) is 81.4 Å². The van der Waals surface area contributed by atoms with Crippen LogP contribution in [0.1, 0.15) is 37.7 Å². The molecular weight excluding hydrogens is 300 g/mol. The number of hydrogen-bond acceptors (Lipinski definition) is 4. The van der Waals surface area contributed by atoms with Crippen LogP contribution in [0.15, 0.2) is 23.1 Å². The van der Waals surface area contributed by atoms with E-state index in [2.05, 4.69) is 4.72 Å². The zero-order valence-electron chi connectivity index (χ0n) is 13.3. The van der Waals surface area contributed by atoms with E-state index in [1.807, 2.05) is 13.0 Å². The Labute approximate surface area is 133 Å². The number of aryl methyl sites for hydroxylation is 1. The maximum absolute atomic E-state index is 12.7. The minimum atomic E-state index is -3.64. The normalized spacial score (nSPS) is 18.1. The molecule has 1 aromatic rings. The summed E-state index contributed by atoms with van der Waals surface area (Å²) in [7, 11) is -2.16. The summed E-state index contributed by atoms with van der Waals surface area (Å²) in [6.45, 7) is 2.18. The Morgan fingerprint density at radius 2 is 2.00 bits per heavy atom. The zero-order valence-corrected chi connectivity index (χ0v) is 14.2. The minimum Gasteiger partial charge on any atom is -0.495 e. The first-order chi connectivity index (χ1) is 10.5. The average molecular weight is 326 g/mol. The number of ether oxygens (including phenoxy) is 1. The fourth-order valence-corrected chi connectivity index (χ4v) is 4.70. The van der Waals surface area contributed by atoms with Gasteiger partial charge in [-0.1, -0.05) is 25.3 Å². The van der Waals surface area contributed by atoms with E-state index in [1.54, 1.807) is 12.1 Å². The van der Waals surface area contributed by atoms with E-state index in [4.69, 9.17) is 10.5 Å². The molecule has 0 aliphatic heterocycles. The number of hydrogen-bond donors (Lipinski definition) is 2. The molecule has 0 heterocycles. The number of nitrogens with two attached hydrogens (primary N) is 1. The van der Waals surface area contributed by atoms with Crippen LogP contribution in [0.2, 0.25) is 0 Å². The van der Waals surface area contributed by atoms with Gasteiger partial charge in [-0.15, -0.1) is 0 Å². The van der Waals surface area contributed by atoms with Gasteiger partial charge in [0, 0.05) is 12.6 Å². The van der Waals surface area contributed by atoms with Gasteiger partial charge >= 0.3 is 0 Å². The van der Waals surface area contributed by atoms with Gasteiger partial charge in [-0.05, 0) is 43.4 Å². The molecular formula is C16H26N2O3S. The van der Waals surface area contributed by atoms with E-state index in [0.717, 1.165) is 31.2 Å². The number of rotatable bonds is 6. The highest BCUT2D eigenvalue weighted by Crippen LogP contribution is 2.29. The number of methoxy groups -OCH3 is 1. The Hall–Kier alpha value is -1.11. The smallest absolute Gasteiger partial charge is 0.244 e. The monoisotopic (exact) mass is 326 g/mol. The summed E-state index contributed by atoms with van der Waals surface area (Å²) in [5.41, 5.74) is 6.71. The molecule has 0 saturated heterocycles. The summed E-state index contributed by atoms with van der Waals surface area (Å²) in [6.07, 6.45) is 5.60. The summed E-state index contributed by atoms with van der Waals surface area (Å²) in [4.78, 5) is 0.184. The summed E-state index contributed by atoms with van der Waals surface area (Å²) < 4.78 is 33.5. The molecule has 6 heteroatoms. The Morgan fingerprint density at radius 3 is 2.59 bits per heavy atom. The van der Waals surface area contributed by atoms with Crippen molar-refractivity contribution in [1.29, 1.82) is 0 Å². The van der Waals surface area contributed by atoms with E-state index >= 15 is 0 Å². The molecule has 0 radical (unpaired) electrons. The van der Waals surface area contributed by atoms with Gasteiger partial charge in [0.25, 0.3) is 0 Å². The highest BCUT2D eigenvalue weighted by molar-refractivity contribution is 7.89. The van der Waals surface area contributed by atoms with Gasteiger partial charge < -0.3 is 10.5 Å². The molecule has 1 aliphatic rings. The molecule has 0 aromatic heterocycles. The third-order valence-electron chi connectivity index (χ3n) is 4.39. The third kappa shape index (κ3) is 4.00. The Kier molecular flexibility index (Phi) is 5.83. The molecule has 1 fully saturated rings. The first kappa shape index (κ1) is 17.2. The molecule has 1 atom stereocenters. The molecule has 124 valence electrons. The second-order valence-corrected chi connectivity index (χ2v) is 7.70. The second-order valence-electron chi connectivity index (χ2n) is 6.02. The van der Waals surface area contributed by atoms with Crippen LogP contribution in [-0.2, 0) is 10.0 Å². The van der Waals surface area contributed by atoms with Crippen molar-refractivity contribution in [3.8, 4) is 5.75 Å². The van der Waals surface area contributed by atoms with Crippen LogP contribution in [0.25, 0.3) is 0 Å². The fraction of sp³-hybridized carbons (Fsp3) is 0.625. The van der Waals surface area contributed by atoms with Gasteiger partial charge in [-0.2, -0.15) is 0 Å². The van der Waals surface area contributed by atoms with Gasteiger partial charge in [0.2, 0.25) is 10.0 Å². The maximum atomic E-state index is 12.7. The first-order valence-corrected chi connectivity index (χ1v) is 9.33. The van der Waals surface area contributed by atoms with Gasteiger partial charge in [0.05, 0.1) is 7.11 Å². The van der Waals surface area contributed by atoms with Gasteiger partial charge in [0.15, 0.2) is 0 Å². The van der Waals surface area contributed by atoms with Crippen molar-refractivity contribution in [3.05, 3.63) is 23.8 Å². The van der Waals surface area contributed by atoms with Crippen molar-refractivity contribution in [3.63, 3.8) is 0 Å². The van der Waals surface area contributed by atoms with Crippen molar-refractivity contribution in [1.82, 2.24) is 4.72 Å². The van der Waals surface area contributed by atoms with Gasteiger partial charge in [0.1, 0.15) is 10.6 Å². The largest absolute Gasteiger partial charge is 0.495 e. The Balaban J connectivity index is 2.24. The molecule has 2 rings (SSSR count). The van der Waals surface area contributed by atoms with Crippen LogP contribution in [0.3, 0.4) is 0 Å². The zero-order chi connectivity index (χ0) is 16.2. The van der Waals surface area contributed by atoms with Crippen molar-refractivity contribution >= 4 is 10.0 Å². The highest BCUT2D eigenvalue weighted by atomic mass is 32.2. The number of benzene rings is 1. The number of sulfonamides is 1. The molecule has 1 aliphatic carbocycles. The fourth-order valence-electron chi connectivity index (χ4n) is 3.13. The van der Waals surface area contributed by atoms with Gasteiger partial charge in [-0.25, -0.2) is 13.1 Å². The van der Waals surface area contributed by atoms with E-state index in [-0.39, 0.29) is 10.9 Å². The molecule has 0 amide bonds. The quantitative estimate of drug-likeness (QED) is 0.839. The predicted molar refractivity (Wildman–Crippen MR) is 87.5 cm³/mol. The average Bonchev–Trinajstić information content (AvgIpc) is 2.53. The lowest BCUT2D eigenvalue weighted by atomic mass is 9.84. The van der Waals surface area contributed by atoms with Crippen molar-refractivity contribution < 1.29 is 13.2 Å². The highest BCUT2D eigenvalue weighted by Gasteiger charge is 2.29. The number of nitrogens with one attached hydrogen (secondary N) is 1. The molecule has 1 saturated carbocycles. The summed E-state index contributed by atoms with van der Waals surface area (Å²) in [5, 5.41) is 0. The molecule has 1 unspecified atom stereocenters. The predicted octanol–water partition coefficient (Wildman–Crippen LogP) is 2.19. The Morgan fingerprint density at radius 1 is 1.32 bits per heavy atom. The van der Waals surface area contributed by atoms with Crippen molar-refractivity contribution in [2.24, 2.45) is 11.7 Å². The van der Waals surface area contributed by atoms with E-state index in [1.165, 1.54) is 13.5 Å². The minimum absolute atomic E-state index is 0.184. The van der Waals surface area contributed by atoms with E-state index < -0.39 is 10.0 Å². The Bertz CT molecular complexity index is 595. The molecule has 5 nitrogen and oxygen atoms in total. The molecule has 0 bridgehead atoms. The van der Waals surface area contributed by atoms with Crippen LogP contribution in [0.4, 0.5) is 0 Å². The molecule has 3 N–H and O–H groups in total. The van der Waals surface area contributed by atoms with Crippen LogP contribution < -0.4 is 15.2 Å². The van der Waals surface area contributed by atoms with Crippen LogP contribution in [-0.4, -0.2) is 28.1 Å². The molecule has 0 spiro atoms. The van der Waals surface area contributed by atoms with Crippen LogP contribution >= 0.6 is 0 Å². The summed E-state index contributed by atoms with van der Waals surface area (Å²) in [6, 6.07) is 4.94. The van der Waals surface area contributed by atoms with Crippen molar-refractivity contribution in [2.75, 3.05) is 13.7 Å². The lowest BCUT2D eigenvalue weighted by Crippen LogP contribution is -2.45. The van der Waals surface area contributed by atoms with Crippen LogP contribution in [0, 0.1) is 12.8 Å². The van der Waals surface area contributed by atoms with Crippen LogP contribution in [0.5, 0.6) is 5.75 Å². The summed E-state index contributed by atoms with van der Waals surface area (Å²) >= 11 is 0. The molecule has 22 heavy (non-hydrogen) atoms. The second kappa shape index (κ2) is 7.44. The lowest BCUT2D eigenvalue weighted by molar-refractivity contribution is 0.294. The van der Waals surface area contributed by atoms with E-state index in [0.29, 0.717) is 18.2 Å². The van der Waals surface area contributed by atoms with Crippen molar-refractivity contribution in [2.45, 2.75) is 50.0 Å². The standard InChI is InChI=1S/C16H26N2O3S/c1-12-8-9-15(21-2)16(10-12)22(19,20)18-14(11-17)13-6-4-3-5-7-13/h8-10,13-14,18H,3-7,11,17H2,1-2H3. The summed E-state index contributed by atoms with van der Waals surface area (Å²) in [5.74, 6) is 0.682.